The monoisotopic (exact) mass is 409 g/mol. The first kappa shape index (κ1) is 20.9. The molecule has 0 spiro atoms. The van der Waals surface area contributed by atoms with Crippen molar-refractivity contribution < 1.29 is 13.9 Å². The molecule has 0 aliphatic carbocycles. The van der Waals surface area contributed by atoms with Crippen LogP contribution in [0.2, 0.25) is 0 Å². The van der Waals surface area contributed by atoms with Crippen molar-refractivity contribution in [3.8, 4) is 5.75 Å². The lowest BCUT2D eigenvalue weighted by molar-refractivity contribution is 0.0939. The molecule has 3 rings (SSSR count). The normalized spacial score (nSPS) is 11.7. The Morgan fingerprint density at radius 1 is 1.07 bits per heavy atom. The van der Waals surface area contributed by atoms with E-state index >= 15 is 0 Å². The smallest absolute Gasteiger partial charge is 0.251 e. The first-order chi connectivity index (χ1) is 14.0. The lowest BCUT2D eigenvalue weighted by atomic mass is 10.1. The van der Waals surface area contributed by atoms with Gasteiger partial charge in [-0.2, -0.15) is 0 Å². The summed E-state index contributed by atoms with van der Waals surface area (Å²) in [6.45, 7) is 3.94. The molecule has 5 heteroatoms. The summed E-state index contributed by atoms with van der Waals surface area (Å²) in [6.07, 6.45) is 0. The van der Waals surface area contributed by atoms with Crippen LogP contribution < -0.4 is 10.1 Å². The second-order valence-corrected chi connectivity index (χ2v) is 7.92. The number of aryl methyl sites for hydroxylation is 1. The summed E-state index contributed by atoms with van der Waals surface area (Å²) in [5.74, 6) is 0.984. The summed E-state index contributed by atoms with van der Waals surface area (Å²) < 4.78 is 18.6. The Morgan fingerprint density at radius 3 is 2.41 bits per heavy atom. The lowest BCUT2D eigenvalue weighted by Crippen LogP contribution is -2.26. The largest absolute Gasteiger partial charge is 0.496 e. The van der Waals surface area contributed by atoms with Gasteiger partial charge in [-0.25, -0.2) is 4.39 Å². The van der Waals surface area contributed by atoms with E-state index in [1.54, 1.807) is 37.1 Å². The predicted molar refractivity (Wildman–Crippen MR) is 116 cm³/mol. The summed E-state index contributed by atoms with van der Waals surface area (Å²) in [4.78, 5) is 13.9. The van der Waals surface area contributed by atoms with Gasteiger partial charge in [-0.05, 0) is 61.9 Å². The van der Waals surface area contributed by atoms with Gasteiger partial charge in [0.05, 0.1) is 13.2 Å². The number of amides is 1. The molecule has 0 saturated heterocycles. The van der Waals surface area contributed by atoms with Gasteiger partial charge in [-0.15, -0.1) is 11.8 Å². The molecule has 3 aromatic rings. The van der Waals surface area contributed by atoms with Crippen LogP contribution in [-0.4, -0.2) is 13.0 Å². The standard InChI is InChI=1S/C24H24FNO2S/c1-16-4-11-22(12-5-16)29-15-20-14-19(8-13-23(20)28-3)24(27)26-17(2)18-6-9-21(25)10-7-18/h4-14,17H,15H2,1-3H3,(H,26,27)/t17-/m1/s1. The molecule has 0 aromatic heterocycles. The molecular weight excluding hydrogens is 385 g/mol. The average Bonchev–Trinajstić information content (AvgIpc) is 2.73. The summed E-state index contributed by atoms with van der Waals surface area (Å²) in [7, 11) is 1.63. The number of benzene rings is 3. The second kappa shape index (κ2) is 9.61. The molecule has 29 heavy (non-hydrogen) atoms. The minimum atomic E-state index is -0.293. The molecule has 3 nitrogen and oxygen atoms in total. The van der Waals surface area contributed by atoms with E-state index < -0.39 is 0 Å². The van der Waals surface area contributed by atoms with Crippen LogP contribution in [0.5, 0.6) is 5.75 Å². The van der Waals surface area contributed by atoms with Crippen LogP contribution in [0.1, 0.15) is 40.0 Å². The summed E-state index contributed by atoms with van der Waals surface area (Å²) in [5.41, 5.74) is 3.60. The third kappa shape index (κ3) is 5.61. The zero-order chi connectivity index (χ0) is 20.8. The zero-order valence-corrected chi connectivity index (χ0v) is 17.6. The molecule has 1 amide bonds. The quantitative estimate of drug-likeness (QED) is 0.492. The van der Waals surface area contributed by atoms with Gasteiger partial charge in [-0.3, -0.25) is 4.79 Å². The second-order valence-electron chi connectivity index (χ2n) is 6.88. The van der Waals surface area contributed by atoms with Gasteiger partial charge in [0.25, 0.3) is 5.91 Å². The van der Waals surface area contributed by atoms with Crippen LogP contribution in [-0.2, 0) is 5.75 Å². The Kier molecular flexibility index (Phi) is 6.94. The van der Waals surface area contributed by atoms with E-state index in [-0.39, 0.29) is 17.8 Å². The van der Waals surface area contributed by atoms with Gasteiger partial charge in [0.1, 0.15) is 11.6 Å². The molecule has 0 aliphatic heterocycles. The molecule has 0 heterocycles. The Hall–Kier alpha value is -2.79. The van der Waals surface area contributed by atoms with Crippen LogP contribution in [0.15, 0.2) is 71.6 Å². The van der Waals surface area contributed by atoms with Gasteiger partial charge in [0, 0.05) is 21.8 Å². The van der Waals surface area contributed by atoms with Crippen LogP contribution in [0, 0.1) is 12.7 Å². The molecule has 150 valence electrons. The van der Waals surface area contributed by atoms with Gasteiger partial charge in [0.2, 0.25) is 0 Å². The first-order valence-electron chi connectivity index (χ1n) is 9.39. The third-order valence-electron chi connectivity index (χ3n) is 4.68. The van der Waals surface area contributed by atoms with E-state index in [1.165, 1.54) is 17.7 Å². The molecule has 1 N–H and O–H groups in total. The SMILES string of the molecule is COc1ccc(C(=O)N[C@H](C)c2ccc(F)cc2)cc1CSc1ccc(C)cc1. The molecule has 0 radical (unpaired) electrons. The number of thioether (sulfide) groups is 1. The number of nitrogens with one attached hydrogen (secondary N) is 1. The molecule has 0 fully saturated rings. The minimum absolute atomic E-state index is 0.175. The number of hydrogen-bond acceptors (Lipinski definition) is 3. The number of halogens is 1. The van der Waals surface area contributed by atoms with Gasteiger partial charge in [-0.1, -0.05) is 29.8 Å². The molecule has 0 unspecified atom stereocenters. The van der Waals surface area contributed by atoms with E-state index in [0.717, 1.165) is 21.8 Å². The van der Waals surface area contributed by atoms with E-state index in [9.17, 15) is 9.18 Å². The number of ether oxygens (including phenoxy) is 1. The zero-order valence-electron chi connectivity index (χ0n) is 16.7. The molecule has 0 saturated carbocycles. The third-order valence-corrected chi connectivity index (χ3v) is 5.74. The minimum Gasteiger partial charge on any atom is -0.496 e. The van der Waals surface area contributed by atoms with Crippen molar-refractivity contribution in [2.24, 2.45) is 0 Å². The van der Waals surface area contributed by atoms with Crippen molar-refractivity contribution in [1.82, 2.24) is 5.32 Å². The Morgan fingerprint density at radius 2 is 1.76 bits per heavy atom. The number of carbonyl (C=O) groups is 1. The molecule has 0 bridgehead atoms. The number of rotatable bonds is 7. The van der Waals surface area contributed by atoms with Gasteiger partial charge in [0.15, 0.2) is 0 Å². The van der Waals surface area contributed by atoms with E-state index in [4.69, 9.17) is 4.74 Å². The number of carbonyl (C=O) groups excluding carboxylic acids is 1. The summed E-state index contributed by atoms with van der Waals surface area (Å²) in [6, 6.07) is 19.7. The van der Waals surface area contributed by atoms with Crippen molar-refractivity contribution in [3.63, 3.8) is 0 Å². The Balaban J connectivity index is 1.71. The fourth-order valence-corrected chi connectivity index (χ4v) is 3.82. The Labute approximate surface area is 175 Å². The van der Waals surface area contributed by atoms with E-state index in [1.807, 2.05) is 19.1 Å². The van der Waals surface area contributed by atoms with Crippen LogP contribution >= 0.6 is 11.8 Å². The summed E-state index contributed by atoms with van der Waals surface area (Å²) >= 11 is 1.70. The van der Waals surface area contributed by atoms with E-state index in [2.05, 4.69) is 36.5 Å². The molecule has 3 aromatic carbocycles. The Bertz CT molecular complexity index is 971. The van der Waals surface area contributed by atoms with Crippen molar-refractivity contribution in [2.45, 2.75) is 30.5 Å². The predicted octanol–water partition coefficient (Wildman–Crippen LogP) is 5.93. The van der Waals surface area contributed by atoms with Crippen LogP contribution in [0.25, 0.3) is 0 Å². The molecular formula is C24H24FNO2S. The average molecular weight is 410 g/mol. The number of hydrogen-bond donors (Lipinski definition) is 1. The highest BCUT2D eigenvalue weighted by Gasteiger charge is 2.14. The van der Waals surface area contributed by atoms with Crippen LogP contribution in [0.4, 0.5) is 4.39 Å². The molecule has 0 aliphatic rings. The van der Waals surface area contributed by atoms with Crippen LogP contribution in [0.3, 0.4) is 0 Å². The highest BCUT2D eigenvalue weighted by molar-refractivity contribution is 7.98. The highest BCUT2D eigenvalue weighted by Crippen LogP contribution is 2.29. The number of methoxy groups -OCH3 is 1. The topological polar surface area (TPSA) is 38.3 Å². The lowest BCUT2D eigenvalue weighted by Gasteiger charge is -2.16. The summed E-state index contributed by atoms with van der Waals surface area (Å²) in [5, 5.41) is 2.97. The van der Waals surface area contributed by atoms with E-state index in [0.29, 0.717) is 11.3 Å². The van der Waals surface area contributed by atoms with Gasteiger partial charge < -0.3 is 10.1 Å². The van der Waals surface area contributed by atoms with Crippen molar-refractivity contribution in [3.05, 3.63) is 94.8 Å². The van der Waals surface area contributed by atoms with Crippen molar-refractivity contribution >= 4 is 17.7 Å². The maximum Gasteiger partial charge on any atom is 0.251 e. The highest BCUT2D eigenvalue weighted by atomic mass is 32.2. The maximum atomic E-state index is 13.1. The molecule has 1 atom stereocenters. The van der Waals surface area contributed by atoms with Crippen molar-refractivity contribution in [2.75, 3.05) is 7.11 Å². The van der Waals surface area contributed by atoms with Gasteiger partial charge >= 0.3 is 0 Å². The first-order valence-corrected chi connectivity index (χ1v) is 10.4. The van der Waals surface area contributed by atoms with Crippen molar-refractivity contribution in [1.29, 1.82) is 0 Å². The maximum absolute atomic E-state index is 13.1. The fourth-order valence-electron chi connectivity index (χ4n) is 2.94. The fraction of sp³-hybridized carbons (Fsp3) is 0.208.